The number of thioether (sulfide) groups is 1. The summed E-state index contributed by atoms with van der Waals surface area (Å²) in [6, 6.07) is 18.4. The van der Waals surface area contributed by atoms with E-state index in [4.69, 9.17) is 0 Å². The lowest BCUT2D eigenvalue weighted by atomic mass is 9.90. The number of likely N-dealkylation sites (tertiary alicyclic amines) is 1. The van der Waals surface area contributed by atoms with E-state index >= 15 is 0 Å². The molecular weight excluding hydrogens is 446 g/mol. The van der Waals surface area contributed by atoms with Gasteiger partial charge in [0.05, 0.1) is 17.6 Å². The fraction of sp³-hybridized carbons (Fsp3) is 0.308. The number of nitrogens with one attached hydrogen (secondary N) is 1. The van der Waals surface area contributed by atoms with Crippen molar-refractivity contribution in [2.45, 2.75) is 31.3 Å². The highest BCUT2D eigenvalue weighted by atomic mass is 32.2. The number of H-pyrrole nitrogens is 1. The minimum absolute atomic E-state index is 0.0818. The van der Waals surface area contributed by atoms with Crippen LogP contribution in [0.25, 0.3) is 16.7 Å². The van der Waals surface area contributed by atoms with Crippen LogP contribution in [0.4, 0.5) is 0 Å². The van der Waals surface area contributed by atoms with Crippen LogP contribution in [0.1, 0.15) is 24.0 Å². The molecule has 1 fully saturated rings. The summed E-state index contributed by atoms with van der Waals surface area (Å²) >= 11 is 1.27. The first-order valence-electron chi connectivity index (χ1n) is 11.6. The lowest BCUT2D eigenvalue weighted by Crippen LogP contribution is -2.39. The van der Waals surface area contributed by atoms with Crippen LogP contribution in [0.5, 0.6) is 0 Å². The summed E-state index contributed by atoms with van der Waals surface area (Å²) in [4.78, 5) is 34.8. The van der Waals surface area contributed by atoms with Crippen molar-refractivity contribution in [2.75, 3.05) is 18.8 Å². The number of aryl methyl sites for hydroxylation is 1. The average molecular weight is 474 g/mol. The number of amides is 1. The summed E-state index contributed by atoms with van der Waals surface area (Å²) in [5.74, 6) is 0.940. The first-order valence-corrected chi connectivity index (χ1v) is 12.6. The van der Waals surface area contributed by atoms with E-state index < -0.39 is 0 Å². The average Bonchev–Trinajstić information content (AvgIpc) is 3.28. The molecule has 1 N–H and O–H groups in total. The maximum absolute atomic E-state index is 12.8. The third-order valence-corrected chi connectivity index (χ3v) is 7.28. The summed E-state index contributed by atoms with van der Waals surface area (Å²) in [5, 5.41) is 5.24. The molecule has 0 spiro atoms. The molecule has 3 heterocycles. The lowest BCUT2D eigenvalue weighted by molar-refractivity contribution is -0.129. The Kier molecular flexibility index (Phi) is 6.49. The van der Waals surface area contributed by atoms with Crippen molar-refractivity contribution in [1.82, 2.24) is 24.6 Å². The van der Waals surface area contributed by atoms with Gasteiger partial charge in [-0.15, -0.1) is 0 Å². The number of nitrogens with zero attached hydrogens (tertiary/aromatic N) is 4. The van der Waals surface area contributed by atoms with Crippen molar-refractivity contribution in [1.29, 1.82) is 0 Å². The van der Waals surface area contributed by atoms with Gasteiger partial charge in [0.25, 0.3) is 5.56 Å². The zero-order valence-electron chi connectivity index (χ0n) is 19.1. The van der Waals surface area contributed by atoms with Crippen LogP contribution in [0, 0.1) is 12.8 Å². The molecule has 5 rings (SSSR count). The van der Waals surface area contributed by atoms with E-state index in [-0.39, 0.29) is 17.2 Å². The number of hydrogen-bond donors (Lipinski definition) is 1. The van der Waals surface area contributed by atoms with Gasteiger partial charge in [0.2, 0.25) is 5.91 Å². The number of benzene rings is 2. The molecule has 34 heavy (non-hydrogen) atoms. The zero-order chi connectivity index (χ0) is 23.5. The Balaban J connectivity index is 1.23. The van der Waals surface area contributed by atoms with Gasteiger partial charge >= 0.3 is 0 Å². The van der Waals surface area contributed by atoms with Crippen LogP contribution in [0.3, 0.4) is 0 Å². The lowest BCUT2D eigenvalue weighted by Gasteiger charge is -2.32. The van der Waals surface area contributed by atoms with Gasteiger partial charge in [-0.3, -0.25) is 9.59 Å². The van der Waals surface area contributed by atoms with E-state index in [1.807, 2.05) is 42.2 Å². The molecule has 7 nitrogen and oxygen atoms in total. The Hall–Kier alpha value is -3.39. The van der Waals surface area contributed by atoms with E-state index in [2.05, 4.69) is 39.3 Å². The van der Waals surface area contributed by atoms with Crippen molar-refractivity contribution >= 4 is 28.7 Å². The number of fused-ring (bicyclic) bond motifs is 1. The molecule has 1 saturated heterocycles. The maximum Gasteiger partial charge on any atom is 0.262 e. The summed E-state index contributed by atoms with van der Waals surface area (Å²) in [5.41, 5.74) is 3.52. The van der Waals surface area contributed by atoms with Crippen molar-refractivity contribution in [3.05, 3.63) is 82.3 Å². The highest BCUT2D eigenvalue weighted by molar-refractivity contribution is 7.99. The molecule has 1 aliphatic heterocycles. The summed E-state index contributed by atoms with van der Waals surface area (Å²) in [6.45, 7) is 3.55. The Morgan fingerprint density at radius 2 is 1.82 bits per heavy atom. The van der Waals surface area contributed by atoms with Crippen molar-refractivity contribution < 1.29 is 4.79 Å². The van der Waals surface area contributed by atoms with E-state index in [0.29, 0.717) is 22.1 Å². The van der Waals surface area contributed by atoms with E-state index in [0.717, 1.165) is 43.6 Å². The largest absolute Gasteiger partial charge is 0.342 e. The minimum atomic E-state index is -0.249. The van der Waals surface area contributed by atoms with Crippen LogP contribution in [0.15, 0.2) is 70.7 Å². The highest BCUT2D eigenvalue weighted by Crippen LogP contribution is 2.24. The number of piperidine rings is 1. The monoisotopic (exact) mass is 473 g/mol. The smallest absolute Gasteiger partial charge is 0.262 e. The molecule has 0 bridgehead atoms. The molecule has 2 aromatic heterocycles. The van der Waals surface area contributed by atoms with E-state index in [1.165, 1.54) is 23.5 Å². The first-order chi connectivity index (χ1) is 16.6. The predicted octanol–water partition coefficient (Wildman–Crippen LogP) is 3.99. The van der Waals surface area contributed by atoms with Gasteiger partial charge in [0.15, 0.2) is 10.8 Å². The van der Waals surface area contributed by atoms with Gasteiger partial charge in [-0.25, -0.2) is 9.67 Å². The molecule has 0 aliphatic carbocycles. The summed E-state index contributed by atoms with van der Waals surface area (Å²) < 4.78 is 1.68. The molecule has 1 aliphatic rings. The van der Waals surface area contributed by atoms with Crippen LogP contribution in [-0.4, -0.2) is 49.4 Å². The molecule has 0 radical (unpaired) electrons. The SMILES string of the molecule is Cc1ccccc1-n1ncc2c(=O)[nH]c(SCC(=O)N3CCC(Cc4ccccc4)CC3)nc21. The molecule has 4 aromatic rings. The van der Waals surface area contributed by atoms with Gasteiger partial charge in [0.1, 0.15) is 5.39 Å². The van der Waals surface area contributed by atoms with E-state index in [1.54, 1.807) is 4.68 Å². The van der Waals surface area contributed by atoms with Crippen LogP contribution in [0.2, 0.25) is 0 Å². The zero-order valence-corrected chi connectivity index (χ0v) is 19.9. The first kappa shape index (κ1) is 22.4. The predicted molar refractivity (Wildman–Crippen MR) is 134 cm³/mol. The Morgan fingerprint density at radius 1 is 1.09 bits per heavy atom. The second-order valence-corrected chi connectivity index (χ2v) is 9.72. The van der Waals surface area contributed by atoms with Crippen molar-refractivity contribution in [3.8, 4) is 5.69 Å². The van der Waals surface area contributed by atoms with Crippen LogP contribution >= 0.6 is 11.8 Å². The van der Waals surface area contributed by atoms with Gasteiger partial charge in [-0.1, -0.05) is 60.3 Å². The normalized spacial score (nSPS) is 14.6. The second kappa shape index (κ2) is 9.85. The highest BCUT2D eigenvalue weighted by Gasteiger charge is 2.23. The number of aromatic nitrogens is 4. The fourth-order valence-corrected chi connectivity index (χ4v) is 5.26. The molecule has 0 saturated carbocycles. The minimum Gasteiger partial charge on any atom is -0.342 e. The van der Waals surface area contributed by atoms with Gasteiger partial charge < -0.3 is 9.88 Å². The molecule has 2 aromatic carbocycles. The van der Waals surface area contributed by atoms with Gasteiger partial charge in [0, 0.05) is 13.1 Å². The van der Waals surface area contributed by atoms with Crippen molar-refractivity contribution in [3.63, 3.8) is 0 Å². The number of aromatic amines is 1. The summed E-state index contributed by atoms with van der Waals surface area (Å²) in [6.07, 6.45) is 4.63. The number of hydrogen-bond acceptors (Lipinski definition) is 5. The second-order valence-electron chi connectivity index (χ2n) is 8.75. The number of carbonyl (C=O) groups excluding carboxylic acids is 1. The molecule has 0 atom stereocenters. The Morgan fingerprint density at radius 3 is 2.59 bits per heavy atom. The Bertz CT molecular complexity index is 1360. The Labute approximate surface area is 202 Å². The van der Waals surface area contributed by atoms with E-state index in [9.17, 15) is 9.59 Å². The molecule has 8 heteroatoms. The van der Waals surface area contributed by atoms with Gasteiger partial charge in [-0.2, -0.15) is 5.10 Å². The number of carbonyl (C=O) groups is 1. The third kappa shape index (κ3) is 4.77. The topological polar surface area (TPSA) is 83.9 Å². The van der Waals surface area contributed by atoms with Crippen molar-refractivity contribution in [2.24, 2.45) is 5.92 Å². The number of rotatable bonds is 6. The molecule has 0 unspecified atom stereocenters. The maximum atomic E-state index is 12.8. The summed E-state index contributed by atoms with van der Waals surface area (Å²) in [7, 11) is 0. The number of para-hydroxylation sites is 1. The molecular formula is C26H27N5O2S. The quantitative estimate of drug-likeness (QED) is 0.338. The third-order valence-electron chi connectivity index (χ3n) is 6.43. The molecule has 1 amide bonds. The standard InChI is InChI=1S/C26H27N5O2S/c1-18-7-5-6-10-22(18)31-24-21(16-27-31)25(33)29-26(28-24)34-17-23(32)30-13-11-20(12-14-30)15-19-8-3-2-4-9-19/h2-10,16,20H,11-15,17H2,1H3,(H,28,29,33). The fourth-order valence-electron chi connectivity index (χ4n) is 4.50. The van der Waals surface area contributed by atoms with Crippen LogP contribution < -0.4 is 5.56 Å². The molecule has 174 valence electrons. The van der Waals surface area contributed by atoms with Gasteiger partial charge in [-0.05, 0) is 49.3 Å². The van der Waals surface area contributed by atoms with Crippen LogP contribution in [-0.2, 0) is 11.2 Å².